The molecule has 0 spiro atoms. The van der Waals surface area contributed by atoms with Gasteiger partial charge in [0.1, 0.15) is 5.82 Å². The summed E-state index contributed by atoms with van der Waals surface area (Å²) < 4.78 is 0. The van der Waals surface area contributed by atoms with E-state index in [4.69, 9.17) is 5.73 Å². The number of carbonyl (C=O) groups excluding carboxylic acids is 1. The highest BCUT2D eigenvalue weighted by molar-refractivity contribution is 5.76. The van der Waals surface area contributed by atoms with Crippen molar-refractivity contribution in [3.05, 3.63) is 18.3 Å². The first kappa shape index (κ1) is 14.6. The van der Waals surface area contributed by atoms with E-state index in [0.717, 1.165) is 44.6 Å². The molecule has 5 nitrogen and oxygen atoms in total. The van der Waals surface area contributed by atoms with Gasteiger partial charge in [0.2, 0.25) is 5.91 Å². The molecule has 20 heavy (non-hydrogen) atoms. The van der Waals surface area contributed by atoms with Gasteiger partial charge < -0.3 is 16.0 Å². The molecule has 0 saturated carbocycles. The third kappa shape index (κ3) is 4.11. The van der Waals surface area contributed by atoms with E-state index in [0.29, 0.717) is 24.1 Å². The Balaban J connectivity index is 1.76. The van der Waals surface area contributed by atoms with Crippen LogP contribution in [0.15, 0.2) is 18.3 Å². The van der Waals surface area contributed by atoms with Gasteiger partial charge in [-0.05, 0) is 31.4 Å². The van der Waals surface area contributed by atoms with Crippen LogP contribution in [0.2, 0.25) is 0 Å². The Morgan fingerprint density at radius 2 is 2.20 bits per heavy atom. The Kier molecular flexibility index (Phi) is 5.21. The first-order valence-corrected chi connectivity index (χ1v) is 7.45. The molecule has 0 radical (unpaired) electrons. The van der Waals surface area contributed by atoms with Crippen molar-refractivity contribution >= 4 is 17.4 Å². The lowest BCUT2D eigenvalue weighted by Gasteiger charge is -2.32. The van der Waals surface area contributed by atoms with E-state index in [1.807, 2.05) is 17.0 Å². The third-order valence-corrected chi connectivity index (χ3v) is 3.73. The number of piperidine rings is 1. The van der Waals surface area contributed by atoms with Gasteiger partial charge in [-0.25, -0.2) is 4.98 Å². The minimum Gasteiger partial charge on any atom is -0.397 e. The largest absolute Gasteiger partial charge is 0.397 e. The van der Waals surface area contributed by atoms with Crippen LogP contribution >= 0.6 is 0 Å². The van der Waals surface area contributed by atoms with Crippen LogP contribution in [-0.4, -0.2) is 34.9 Å². The first-order valence-electron chi connectivity index (χ1n) is 7.45. The van der Waals surface area contributed by atoms with Gasteiger partial charge >= 0.3 is 0 Å². The van der Waals surface area contributed by atoms with Gasteiger partial charge in [0.25, 0.3) is 0 Å². The number of hydrogen-bond donors (Lipinski definition) is 2. The molecule has 3 N–H and O–H groups in total. The highest BCUT2D eigenvalue weighted by Crippen LogP contribution is 2.17. The summed E-state index contributed by atoms with van der Waals surface area (Å²) in [5.74, 6) is 1.16. The standard InChI is InChI=1S/C15H24N4O/c1-2-3-4-15(20)19-9-7-13(8-10-19)18-14-6-5-12(16)11-17-14/h5-6,11,13H,2-4,7-10,16H2,1H3,(H,17,18). The number of pyridine rings is 1. The molecule has 110 valence electrons. The second kappa shape index (κ2) is 7.12. The molecule has 2 rings (SSSR count). The van der Waals surface area contributed by atoms with Crippen LogP contribution in [0.1, 0.15) is 39.0 Å². The molecule has 0 unspecified atom stereocenters. The van der Waals surface area contributed by atoms with E-state index >= 15 is 0 Å². The van der Waals surface area contributed by atoms with Gasteiger partial charge in [-0.2, -0.15) is 0 Å². The molecular formula is C15H24N4O. The van der Waals surface area contributed by atoms with Gasteiger partial charge in [-0.1, -0.05) is 13.3 Å². The number of aromatic nitrogens is 1. The number of likely N-dealkylation sites (tertiary alicyclic amines) is 1. The lowest BCUT2D eigenvalue weighted by Crippen LogP contribution is -2.42. The van der Waals surface area contributed by atoms with E-state index in [9.17, 15) is 4.79 Å². The Hall–Kier alpha value is -1.78. The van der Waals surface area contributed by atoms with E-state index in [1.165, 1.54) is 0 Å². The molecular weight excluding hydrogens is 252 g/mol. The lowest BCUT2D eigenvalue weighted by atomic mass is 10.0. The summed E-state index contributed by atoms with van der Waals surface area (Å²) in [5, 5.41) is 3.41. The fraction of sp³-hybridized carbons (Fsp3) is 0.600. The first-order chi connectivity index (χ1) is 9.69. The van der Waals surface area contributed by atoms with Gasteiger partial charge in [-0.3, -0.25) is 4.79 Å². The fourth-order valence-corrected chi connectivity index (χ4v) is 2.46. The van der Waals surface area contributed by atoms with Crippen molar-refractivity contribution in [3.63, 3.8) is 0 Å². The Bertz CT molecular complexity index is 424. The zero-order valence-corrected chi connectivity index (χ0v) is 12.1. The molecule has 0 aromatic carbocycles. The Morgan fingerprint density at radius 3 is 2.80 bits per heavy atom. The highest BCUT2D eigenvalue weighted by Gasteiger charge is 2.22. The van der Waals surface area contributed by atoms with Crippen molar-refractivity contribution in [1.82, 2.24) is 9.88 Å². The van der Waals surface area contributed by atoms with E-state index < -0.39 is 0 Å². The van der Waals surface area contributed by atoms with Crippen molar-refractivity contribution in [1.29, 1.82) is 0 Å². The average Bonchev–Trinajstić information content (AvgIpc) is 2.48. The SMILES string of the molecule is CCCCC(=O)N1CCC(Nc2ccc(N)cn2)CC1. The maximum absolute atomic E-state index is 11.9. The fourth-order valence-electron chi connectivity index (χ4n) is 2.46. The number of rotatable bonds is 5. The molecule has 0 atom stereocenters. The molecule has 2 heterocycles. The van der Waals surface area contributed by atoms with Crippen molar-refractivity contribution in [2.24, 2.45) is 0 Å². The monoisotopic (exact) mass is 276 g/mol. The zero-order valence-electron chi connectivity index (χ0n) is 12.1. The number of nitrogens with two attached hydrogens (primary N) is 1. The number of nitrogens with one attached hydrogen (secondary N) is 1. The molecule has 1 saturated heterocycles. The molecule has 0 aliphatic carbocycles. The number of hydrogen-bond acceptors (Lipinski definition) is 4. The number of amides is 1. The smallest absolute Gasteiger partial charge is 0.222 e. The minimum absolute atomic E-state index is 0.302. The molecule has 5 heteroatoms. The second-order valence-corrected chi connectivity index (χ2v) is 5.38. The van der Waals surface area contributed by atoms with Crippen LogP contribution in [0, 0.1) is 0 Å². The van der Waals surface area contributed by atoms with Gasteiger partial charge in [0, 0.05) is 25.6 Å². The van der Waals surface area contributed by atoms with Crippen LogP contribution in [-0.2, 0) is 4.79 Å². The molecule has 1 aromatic rings. The number of nitrogen functional groups attached to an aromatic ring is 1. The Labute approximate surface area is 120 Å². The van der Waals surface area contributed by atoms with E-state index in [-0.39, 0.29) is 0 Å². The number of anilines is 2. The summed E-state index contributed by atoms with van der Waals surface area (Å²) >= 11 is 0. The second-order valence-electron chi connectivity index (χ2n) is 5.38. The number of unbranched alkanes of at least 4 members (excludes halogenated alkanes) is 1. The quantitative estimate of drug-likeness (QED) is 0.865. The minimum atomic E-state index is 0.302. The molecule has 1 aliphatic rings. The van der Waals surface area contributed by atoms with Crippen LogP contribution in [0.25, 0.3) is 0 Å². The van der Waals surface area contributed by atoms with Gasteiger partial charge in [-0.15, -0.1) is 0 Å². The maximum atomic E-state index is 11.9. The number of carbonyl (C=O) groups is 1. The average molecular weight is 276 g/mol. The van der Waals surface area contributed by atoms with Gasteiger partial charge in [0.15, 0.2) is 0 Å². The maximum Gasteiger partial charge on any atom is 0.222 e. The number of nitrogens with zero attached hydrogens (tertiary/aromatic N) is 2. The molecule has 1 aromatic heterocycles. The van der Waals surface area contributed by atoms with Crippen LogP contribution in [0.5, 0.6) is 0 Å². The van der Waals surface area contributed by atoms with Crippen LogP contribution in [0.4, 0.5) is 11.5 Å². The van der Waals surface area contributed by atoms with Crippen LogP contribution in [0.3, 0.4) is 0 Å². The zero-order chi connectivity index (χ0) is 14.4. The van der Waals surface area contributed by atoms with Crippen LogP contribution < -0.4 is 11.1 Å². The molecule has 1 aliphatic heterocycles. The molecule has 1 amide bonds. The molecule has 0 bridgehead atoms. The van der Waals surface area contributed by atoms with Crippen molar-refractivity contribution in [3.8, 4) is 0 Å². The van der Waals surface area contributed by atoms with E-state index in [2.05, 4.69) is 17.2 Å². The summed E-state index contributed by atoms with van der Waals surface area (Å²) in [6, 6.07) is 4.13. The Morgan fingerprint density at radius 1 is 1.45 bits per heavy atom. The van der Waals surface area contributed by atoms with Gasteiger partial charge in [0.05, 0.1) is 11.9 Å². The summed E-state index contributed by atoms with van der Waals surface area (Å²) in [5.41, 5.74) is 6.29. The summed E-state index contributed by atoms with van der Waals surface area (Å²) in [6.07, 6.45) is 6.37. The predicted octanol–water partition coefficient (Wildman–Crippen LogP) is 2.26. The van der Waals surface area contributed by atoms with Crippen molar-refractivity contribution in [2.75, 3.05) is 24.1 Å². The molecule has 1 fully saturated rings. The van der Waals surface area contributed by atoms with E-state index in [1.54, 1.807) is 6.20 Å². The summed E-state index contributed by atoms with van der Waals surface area (Å²) in [6.45, 7) is 3.80. The normalized spacial score (nSPS) is 16.1. The predicted molar refractivity (Wildman–Crippen MR) is 81.4 cm³/mol. The third-order valence-electron chi connectivity index (χ3n) is 3.73. The highest BCUT2D eigenvalue weighted by atomic mass is 16.2. The van der Waals surface area contributed by atoms with Crippen molar-refractivity contribution < 1.29 is 4.79 Å². The summed E-state index contributed by atoms with van der Waals surface area (Å²) in [4.78, 5) is 18.2. The lowest BCUT2D eigenvalue weighted by molar-refractivity contribution is -0.132. The topological polar surface area (TPSA) is 71.2 Å². The summed E-state index contributed by atoms with van der Waals surface area (Å²) in [7, 11) is 0. The van der Waals surface area contributed by atoms with Crippen molar-refractivity contribution in [2.45, 2.75) is 45.1 Å².